The summed E-state index contributed by atoms with van der Waals surface area (Å²) in [5.41, 5.74) is -0.809. The molecule has 0 aromatic carbocycles. The van der Waals surface area contributed by atoms with Crippen LogP contribution in [0.15, 0.2) is 11.1 Å². The van der Waals surface area contributed by atoms with E-state index in [0.29, 0.717) is 36.7 Å². The molecule has 0 radical (unpaired) electrons. The summed E-state index contributed by atoms with van der Waals surface area (Å²) in [7, 11) is 0. The number of carbonyl (C=O) groups is 2. The van der Waals surface area contributed by atoms with Crippen molar-refractivity contribution >= 4 is 11.8 Å². The molecule has 0 amide bonds. The van der Waals surface area contributed by atoms with Crippen LogP contribution in [-0.2, 0) is 19.1 Å². The minimum atomic E-state index is -1.11. The second-order valence-corrected chi connectivity index (χ2v) is 13.1. The van der Waals surface area contributed by atoms with Gasteiger partial charge in [0.2, 0.25) is 0 Å². The molecule has 6 nitrogen and oxygen atoms in total. The Balaban J connectivity index is 1.31. The molecule has 4 aliphatic carbocycles. The third-order valence-corrected chi connectivity index (χ3v) is 12.0. The van der Waals surface area contributed by atoms with E-state index in [0.717, 1.165) is 37.7 Å². The van der Waals surface area contributed by atoms with Gasteiger partial charge in [-0.15, -0.1) is 0 Å². The third-order valence-electron chi connectivity index (χ3n) is 12.0. The van der Waals surface area contributed by atoms with Gasteiger partial charge in [0.05, 0.1) is 17.6 Å². The van der Waals surface area contributed by atoms with Crippen LogP contribution in [0.1, 0.15) is 86.0 Å². The molecule has 6 rings (SSSR count). The quantitative estimate of drug-likeness (QED) is 0.470. The highest BCUT2D eigenvalue weighted by Gasteiger charge is 2.81. The molecule has 2 N–H and O–H groups in total. The van der Waals surface area contributed by atoms with Crippen molar-refractivity contribution in [2.24, 2.45) is 34.5 Å². The van der Waals surface area contributed by atoms with Crippen molar-refractivity contribution in [3.63, 3.8) is 0 Å². The lowest BCUT2D eigenvalue weighted by atomic mass is 9.43. The second-order valence-electron chi connectivity index (χ2n) is 13.1. The molecule has 2 aliphatic heterocycles. The fraction of sp³-hybridized carbons (Fsp3) is 0.857. The molecule has 6 aliphatic rings. The number of aliphatic hydroxyl groups excluding tert-OH is 1. The minimum Gasteiger partial charge on any atom is -0.456 e. The third kappa shape index (κ3) is 2.58. The monoisotopic (exact) mass is 472 g/mol. The van der Waals surface area contributed by atoms with Crippen molar-refractivity contribution in [1.29, 1.82) is 0 Å². The molecular weight excluding hydrogens is 432 g/mol. The van der Waals surface area contributed by atoms with Gasteiger partial charge < -0.3 is 19.7 Å². The summed E-state index contributed by atoms with van der Waals surface area (Å²) in [4.78, 5) is 25.8. The maximum Gasteiger partial charge on any atom is 0.334 e. The van der Waals surface area contributed by atoms with E-state index < -0.39 is 28.8 Å². The van der Waals surface area contributed by atoms with Crippen LogP contribution >= 0.6 is 0 Å². The molecule has 0 aromatic rings. The summed E-state index contributed by atoms with van der Waals surface area (Å²) in [6.45, 7) is 10.0. The lowest BCUT2D eigenvalue weighted by molar-refractivity contribution is -0.186. The summed E-state index contributed by atoms with van der Waals surface area (Å²) in [5.74, 6) is 0.961. The molecule has 0 bridgehead atoms. The lowest BCUT2D eigenvalue weighted by Crippen LogP contribution is -2.65. The number of aliphatic hydroxyl groups is 2. The molecule has 1 spiro atoms. The van der Waals surface area contributed by atoms with Gasteiger partial charge in [-0.1, -0.05) is 12.5 Å². The van der Waals surface area contributed by atoms with Crippen molar-refractivity contribution in [2.45, 2.75) is 115 Å². The Labute approximate surface area is 202 Å². The van der Waals surface area contributed by atoms with E-state index in [1.807, 2.05) is 13.8 Å². The topological polar surface area (TPSA) is 96.4 Å². The predicted octanol–water partition coefficient (Wildman–Crippen LogP) is 3.72. The van der Waals surface area contributed by atoms with E-state index in [-0.39, 0.29) is 35.1 Å². The van der Waals surface area contributed by atoms with Gasteiger partial charge in [0.25, 0.3) is 0 Å². The smallest absolute Gasteiger partial charge is 0.334 e. The van der Waals surface area contributed by atoms with Crippen LogP contribution in [0, 0.1) is 34.5 Å². The summed E-state index contributed by atoms with van der Waals surface area (Å²) in [6.07, 6.45) is 5.10. The zero-order valence-corrected chi connectivity index (χ0v) is 21.2. The number of cyclic esters (lactones) is 1. The molecule has 34 heavy (non-hydrogen) atoms. The first kappa shape index (κ1) is 23.2. The van der Waals surface area contributed by atoms with E-state index in [2.05, 4.69) is 13.8 Å². The predicted molar refractivity (Wildman–Crippen MR) is 125 cm³/mol. The van der Waals surface area contributed by atoms with Crippen molar-refractivity contribution in [3.05, 3.63) is 11.1 Å². The number of Topliss-reactive ketones (excluding diaryl/α,β-unsaturated/α-hetero) is 1. The van der Waals surface area contributed by atoms with E-state index in [1.54, 1.807) is 6.92 Å². The maximum atomic E-state index is 13.4. The highest BCUT2D eigenvalue weighted by Crippen LogP contribution is 2.73. The summed E-state index contributed by atoms with van der Waals surface area (Å²) >= 11 is 0. The molecule has 6 heteroatoms. The van der Waals surface area contributed by atoms with Crippen LogP contribution in [0.4, 0.5) is 0 Å². The van der Waals surface area contributed by atoms with Gasteiger partial charge in [0, 0.05) is 18.4 Å². The summed E-state index contributed by atoms with van der Waals surface area (Å²) < 4.78 is 12.0. The first-order chi connectivity index (χ1) is 15.9. The molecule has 188 valence electrons. The van der Waals surface area contributed by atoms with Crippen LogP contribution in [0.3, 0.4) is 0 Å². The Hall–Kier alpha value is -1.24. The van der Waals surface area contributed by atoms with Crippen molar-refractivity contribution in [3.8, 4) is 0 Å². The summed E-state index contributed by atoms with van der Waals surface area (Å²) in [6, 6.07) is 0. The number of hydrogen-bond acceptors (Lipinski definition) is 6. The largest absolute Gasteiger partial charge is 0.456 e. The summed E-state index contributed by atoms with van der Waals surface area (Å²) in [5, 5.41) is 22.8. The number of epoxide rings is 1. The molecule has 2 heterocycles. The maximum absolute atomic E-state index is 13.4. The lowest BCUT2D eigenvalue weighted by Gasteiger charge is -2.59. The zero-order valence-electron chi connectivity index (χ0n) is 21.2. The molecule has 5 fully saturated rings. The number of rotatable bonds is 2. The fourth-order valence-electron chi connectivity index (χ4n) is 9.93. The van der Waals surface area contributed by atoms with Crippen LogP contribution in [0.25, 0.3) is 0 Å². The molecule has 1 saturated heterocycles. The van der Waals surface area contributed by atoms with Crippen LogP contribution in [0.2, 0.25) is 0 Å². The Morgan fingerprint density at radius 2 is 1.79 bits per heavy atom. The van der Waals surface area contributed by atoms with Gasteiger partial charge >= 0.3 is 5.97 Å². The minimum absolute atomic E-state index is 0.0298. The average molecular weight is 473 g/mol. The van der Waals surface area contributed by atoms with E-state index >= 15 is 0 Å². The Bertz CT molecular complexity index is 983. The standard InChI is InChI=1S/C28H40O6/c1-14-12-22(33-24(31)15(14)2)27(5,32)19-7-6-17-16-13-23-28(34-23)21(30)9-8-20(29)26(28,4)18(16)10-11-25(17,19)3/h16-19,21-23,30,32H,6-13H2,1-5H3/t16-,17-,18+,19-,21+,22-,23-,25+,26+,27-,28-/m1/s1. The number of ketones is 1. The molecule has 0 unspecified atom stereocenters. The first-order valence-electron chi connectivity index (χ1n) is 13.4. The first-order valence-corrected chi connectivity index (χ1v) is 13.4. The number of esters is 1. The van der Waals surface area contributed by atoms with Crippen LogP contribution in [-0.4, -0.2) is 51.5 Å². The highest BCUT2D eigenvalue weighted by molar-refractivity contribution is 5.90. The number of fused-ring (bicyclic) bond motifs is 4. The molecule has 4 saturated carbocycles. The van der Waals surface area contributed by atoms with Gasteiger partial charge in [0.1, 0.15) is 23.1 Å². The van der Waals surface area contributed by atoms with Gasteiger partial charge in [-0.3, -0.25) is 4.79 Å². The van der Waals surface area contributed by atoms with E-state index in [1.165, 1.54) is 0 Å². The van der Waals surface area contributed by atoms with Gasteiger partial charge in [0.15, 0.2) is 0 Å². The second kappa shape index (κ2) is 6.95. The molecule has 0 aromatic heterocycles. The van der Waals surface area contributed by atoms with Crippen molar-refractivity contribution in [1.82, 2.24) is 0 Å². The van der Waals surface area contributed by atoms with Gasteiger partial charge in [-0.2, -0.15) is 0 Å². The average Bonchev–Trinajstić information content (AvgIpc) is 3.40. The molecule has 11 atom stereocenters. The normalized spacial score (nSPS) is 53.8. The van der Waals surface area contributed by atoms with E-state index in [4.69, 9.17) is 9.47 Å². The Kier molecular flexibility index (Phi) is 4.74. The van der Waals surface area contributed by atoms with Crippen molar-refractivity contribution < 1.29 is 29.3 Å². The number of carbonyl (C=O) groups excluding carboxylic acids is 2. The van der Waals surface area contributed by atoms with Crippen molar-refractivity contribution in [2.75, 3.05) is 0 Å². The number of ether oxygens (including phenoxy) is 2. The SMILES string of the molecule is CC1=C(C)C(=O)O[C@@H]([C@](C)(O)[C@@H]2CC[C@@H]3[C@H]4C[C@H]5O[C@]56[C@@H](O)CCC(=O)[C@]6(C)[C@H]4CC[C@@]32C)C1. The van der Waals surface area contributed by atoms with Gasteiger partial charge in [-0.25, -0.2) is 4.79 Å². The Morgan fingerprint density at radius 3 is 2.50 bits per heavy atom. The zero-order chi connectivity index (χ0) is 24.4. The highest BCUT2D eigenvalue weighted by atomic mass is 16.6. The molecular formula is C28H40O6. The van der Waals surface area contributed by atoms with E-state index in [9.17, 15) is 19.8 Å². The fourth-order valence-corrected chi connectivity index (χ4v) is 9.93. The Morgan fingerprint density at radius 1 is 1.06 bits per heavy atom. The number of hydrogen-bond donors (Lipinski definition) is 2. The van der Waals surface area contributed by atoms with Crippen LogP contribution in [0.5, 0.6) is 0 Å². The van der Waals surface area contributed by atoms with Crippen LogP contribution < -0.4 is 0 Å². The van der Waals surface area contributed by atoms with Gasteiger partial charge in [-0.05, 0) is 95.3 Å².